The molecule has 0 atom stereocenters. The van der Waals surface area contributed by atoms with Crippen molar-refractivity contribution in [1.82, 2.24) is 0 Å². The molecule has 0 unspecified atom stereocenters. The Morgan fingerprint density at radius 1 is 1.58 bits per heavy atom. The van der Waals surface area contributed by atoms with Crippen molar-refractivity contribution in [2.75, 3.05) is 6.54 Å². The molecular weight excluding hydrogens is 157 g/mol. The summed E-state index contributed by atoms with van der Waals surface area (Å²) < 4.78 is 12.9. The SMILES string of the molecule is CC(C)(F)CCC(=N)C(=[N-])CN. The summed E-state index contributed by atoms with van der Waals surface area (Å²) in [6.45, 7) is 2.84. The van der Waals surface area contributed by atoms with Crippen LogP contribution in [0.4, 0.5) is 4.39 Å². The van der Waals surface area contributed by atoms with Gasteiger partial charge in [0.2, 0.25) is 0 Å². The van der Waals surface area contributed by atoms with Gasteiger partial charge in [0.15, 0.2) is 0 Å². The first-order valence-electron chi connectivity index (χ1n) is 3.88. The molecule has 0 aromatic carbocycles. The number of nitrogens with zero attached hydrogens (tertiary/aromatic N) is 1. The van der Waals surface area contributed by atoms with E-state index < -0.39 is 5.67 Å². The van der Waals surface area contributed by atoms with Gasteiger partial charge in [0.25, 0.3) is 0 Å². The summed E-state index contributed by atoms with van der Waals surface area (Å²) in [4.78, 5) is 0. The molecule has 0 saturated heterocycles. The molecule has 0 aromatic rings. The minimum absolute atomic E-state index is 0.0308. The van der Waals surface area contributed by atoms with Crippen LogP contribution < -0.4 is 5.73 Å². The van der Waals surface area contributed by atoms with Crippen LogP contribution in [0.2, 0.25) is 0 Å². The van der Waals surface area contributed by atoms with Crippen molar-refractivity contribution >= 4 is 11.4 Å². The Balaban J connectivity index is 3.80. The first kappa shape index (κ1) is 11.2. The van der Waals surface area contributed by atoms with Crippen LogP contribution in [0.25, 0.3) is 5.41 Å². The molecule has 0 saturated carbocycles. The lowest BCUT2D eigenvalue weighted by molar-refractivity contribution is 0.205. The van der Waals surface area contributed by atoms with Gasteiger partial charge in [-0.15, -0.1) is 5.71 Å². The number of halogens is 1. The highest BCUT2D eigenvalue weighted by Crippen LogP contribution is 2.16. The minimum Gasteiger partial charge on any atom is -0.805 e. The molecule has 4 heteroatoms. The average molecular weight is 172 g/mol. The van der Waals surface area contributed by atoms with Gasteiger partial charge < -0.3 is 16.6 Å². The molecule has 70 valence electrons. The van der Waals surface area contributed by atoms with Gasteiger partial charge in [-0.2, -0.15) is 0 Å². The second kappa shape index (κ2) is 4.30. The molecule has 0 bridgehead atoms. The van der Waals surface area contributed by atoms with Gasteiger partial charge in [-0.1, -0.05) is 0 Å². The van der Waals surface area contributed by atoms with Crippen LogP contribution >= 0.6 is 0 Å². The van der Waals surface area contributed by atoms with Crippen molar-refractivity contribution in [1.29, 1.82) is 5.41 Å². The van der Waals surface area contributed by atoms with Crippen molar-refractivity contribution in [2.45, 2.75) is 32.4 Å². The lowest BCUT2D eigenvalue weighted by Crippen LogP contribution is -2.23. The maximum absolute atomic E-state index is 12.9. The van der Waals surface area contributed by atoms with Crippen molar-refractivity contribution in [3.8, 4) is 0 Å². The fourth-order valence-electron chi connectivity index (χ4n) is 0.690. The second-order valence-corrected chi connectivity index (χ2v) is 3.35. The maximum Gasteiger partial charge on any atom is 0.105 e. The standard InChI is InChI=1S/C8H15FN3/c1-8(2,9)4-3-6(11)7(12)5-10/h11H,3-5,10H2,1-2H3/q-1. The van der Waals surface area contributed by atoms with Gasteiger partial charge in [0, 0.05) is 5.71 Å². The van der Waals surface area contributed by atoms with Crippen molar-refractivity contribution in [2.24, 2.45) is 5.73 Å². The lowest BCUT2D eigenvalue weighted by Gasteiger charge is -2.16. The number of nitrogens with two attached hydrogens (primary N) is 1. The molecule has 0 fully saturated rings. The van der Waals surface area contributed by atoms with E-state index in [9.17, 15) is 4.39 Å². The largest absolute Gasteiger partial charge is 0.805 e. The fraction of sp³-hybridized carbons (Fsp3) is 0.750. The maximum atomic E-state index is 12.9. The lowest BCUT2D eigenvalue weighted by atomic mass is 10.0. The van der Waals surface area contributed by atoms with Gasteiger partial charge in [0.05, 0.1) is 0 Å². The molecule has 0 aliphatic carbocycles. The molecule has 12 heavy (non-hydrogen) atoms. The van der Waals surface area contributed by atoms with E-state index in [1.54, 1.807) is 0 Å². The molecule has 0 heterocycles. The zero-order valence-corrected chi connectivity index (χ0v) is 7.52. The third-order valence-corrected chi connectivity index (χ3v) is 1.51. The molecule has 3 N–H and O–H groups in total. The second-order valence-electron chi connectivity index (χ2n) is 3.35. The number of nitrogens with one attached hydrogen (secondary N) is 1. The fourth-order valence-corrected chi connectivity index (χ4v) is 0.690. The van der Waals surface area contributed by atoms with E-state index in [4.69, 9.17) is 16.6 Å². The van der Waals surface area contributed by atoms with E-state index in [0.717, 1.165) is 0 Å². The van der Waals surface area contributed by atoms with Crippen molar-refractivity contribution in [3.05, 3.63) is 5.41 Å². The predicted molar refractivity (Wildman–Crippen MR) is 49.6 cm³/mol. The van der Waals surface area contributed by atoms with Crippen LogP contribution in [-0.2, 0) is 0 Å². The summed E-state index contributed by atoms with van der Waals surface area (Å²) in [5, 5.41) is 16.2. The zero-order chi connectivity index (χ0) is 9.78. The van der Waals surface area contributed by atoms with Gasteiger partial charge >= 0.3 is 0 Å². The molecule has 0 aliphatic rings. The topological polar surface area (TPSA) is 72.2 Å². The van der Waals surface area contributed by atoms with Crippen molar-refractivity contribution < 1.29 is 4.39 Å². The Labute approximate surface area is 72.2 Å². The van der Waals surface area contributed by atoms with Gasteiger partial charge in [0.1, 0.15) is 5.67 Å². The summed E-state index contributed by atoms with van der Waals surface area (Å²) in [6, 6.07) is 0. The van der Waals surface area contributed by atoms with Crippen LogP contribution in [0, 0.1) is 5.41 Å². The summed E-state index contributed by atoms with van der Waals surface area (Å²) in [5.41, 5.74) is 3.68. The van der Waals surface area contributed by atoms with E-state index >= 15 is 0 Å². The number of rotatable bonds is 5. The van der Waals surface area contributed by atoms with Crippen LogP contribution in [-0.4, -0.2) is 23.6 Å². The van der Waals surface area contributed by atoms with E-state index in [-0.39, 0.29) is 30.8 Å². The first-order chi connectivity index (χ1) is 5.37. The average Bonchev–Trinajstić information content (AvgIpc) is 1.97. The quantitative estimate of drug-likeness (QED) is 0.606. The summed E-state index contributed by atoms with van der Waals surface area (Å²) in [5.74, 6) is 0. The van der Waals surface area contributed by atoms with E-state index in [2.05, 4.69) is 0 Å². The summed E-state index contributed by atoms with van der Waals surface area (Å²) in [7, 11) is 0. The highest BCUT2D eigenvalue weighted by atomic mass is 19.1. The van der Waals surface area contributed by atoms with E-state index in [1.807, 2.05) is 0 Å². The normalized spacial score (nSPS) is 11.3. The molecule has 0 amide bonds. The van der Waals surface area contributed by atoms with Crippen LogP contribution in [0.3, 0.4) is 0 Å². The van der Waals surface area contributed by atoms with Gasteiger partial charge in [-0.3, -0.25) is 0 Å². The van der Waals surface area contributed by atoms with Crippen LogP contribution in [0.1, 0.15) is 26.7 Å². The summed E-state index contributed by atoms with van der Waals surface area (Å²) >= 11 is 0. The number of hydrogen-bond donors (Lipinski definition) is 2. The number of alkyl halides is 1. The van der Waals surface area contributed by atoms with Crippen LogP contribution in [0.15, 0.2) is 0 Å². The molecular formula is C8H15FN3-. The first-order valence-corrected chi connectivity index (χ1v) is 3.88. The highest BCUT2D eigenvalue weighted by molar-refractivity contribution is 6.43. The molecule has 0 aromatic heterocycles. The Morgan fingerprint density at radius 2 is 2.08 bits per heavy atom. The Kier molecular flexibility index (Phi) is 4.03. The molecule has 0 aliphatic heterocycles. The third kappa shape index (κ3) is 4.96. The molecule has 3 nitrogen and oxygen atoms in total. The monoisotopic (exact) mass is 172 g/mol. The van der Waals surface area contributed by atoms with Gasteiger partial charge in [-0.25, -0.2) is 4.39 Å². The summed E-state index contributed by atoms with van der Waals surface area (Å²) in [6.07, 6.45) is 0.461. The molecule has 0 radical (unpaired) electrons. The Bertz CT molecular complexity index is 181. The Morgan fingerprint density at radius 3 is 2.42 bits per heavy atom. The van der Waals surface area contributed by atoms with E-state index in [1.165, 1.54) is 13.8 Å². The van der Waals surface area contributed by atoms with Crippen LogP contribution in [0.5, 0.6) is 0 Å². The number of hydrogen-bond acceptors (Lipinski definition) is 2. The zero-order valence-electron chi connectivity index (χ0n) is 7.52. The van der Waals surface area contributed by atoms with Crippen molar-refractivity contribution in [3.63, 3.8) is 0 Å². The Hall–Kier alpha value is -0.770. The predicted octanol–water partition coefficient (Wildman–Crippen LogP) is 1.50. The minimum atomic E-state index is -1.29. The van der Waals surface area contributed by atoms with E-state index in [0.29, 0.717) is 0 Å². The third-order valence-electron chi connectivity index (χ3n) is 1.51. The smallest absolute Gasteiger partial charge is 0.105 e. The molecule has 0 rings (SSSR count). The van der Waals surface area contributed by atoms with Gasteiger partial charge in [-0.05, 0) is 33.2 Å². The highest BCUT2D eigenvalue weighted by Gasteiger charge is 2.15. The molecule has 0 spiro atoms.